The van der Waals surface area contributed by atoms with Gasteiger partial charge in [-0.2, -0.15) is 0 Å². The summed E-state index contributed by atoms with van der Waals surface area (Å²) in [4.78, 5) is 32.3. The predicted octanol–water partition coefficient (Wildman–Crippen LogP) is -3.60. The number of hydrogen-bond donors (Lipinski definition) is 6. The monoisotopic (exact) mass is 310 g/mol. The van der Waals surface area contributed by atoms with Crippen molar-refractivity contribution >= 4 is 17.7 Å². The van der Waals surface area contributed by atoms with Crippen LogP contribution < -0.4 is 0 Å². The predicted molar refractivity (Wildman–Crippen MR) is 63.9 cm³/mol. The summed E-state index contributed by atoms with van der Waals surface area (Å²) in [7, 11) is 0. The van der Waals surface area contributed by atoms with Gasteiger partial charge in [-0.25, -0.2) is 4.79 Å². The van der Waals surface area contributed by atoms with Gasteiger partial charge in [0.05, 0.1) is 6.61 Å². The van der Waals surface area contributed by atoms with Crippen molar-refractivity contribution < 1.29 is 49.8 Å². The van der Waals surface area contributed by atoms with Gasteiger partial charge in [-0.1, -0.05) is 0 Å². The van der Waals surface area contributed by atoms with E-state index in [2.05, 4.69) is 4.74 Å². The number of hydrogen-bond acceptors (Lipinski definition) is 9. The van der Waals surface area contributed by atoms with Crippen LogP contribution in [-0.2, 0) is 19.1 Å². The molecule has 0 rings (SSSR count). The molecule has 0 aromatic heterocycles. The fourth-order valence-electron chi connectivity index (χ4n) is 1.49. The molecule has 5 atom stereocenters. The average molecular weight is 310 g/mol. The molecule has 0 heterocycles. The molecule has 0 saturated heterocycles. The molecule has 122 valence electrons. The average Bonchev–Trinajstić information content (AvgIpc) is 2.41. The summed E-state index contributed by atoms with van der Waals surface area (Å²) < 4.78 is 4.53. The lowest BCUT2D eigenvalue weighted by molar-refractivity contribution is -0.180. The number of carboxylic acids is 1. The molecule has 0 aliphatic carbocycles. The van der Waals surface area contributed by atoms with Crippen molar-refractivity contribution in [2.75, 3.05) is 6.61 Å². The van der Waals surface area contributed by atoms with Crippen LogP contribution in [0.25, 0.3) is 0 Å². The standard InChI is InChI=1S/C11H18O10/c1-4(13)21-10(5(14)2-6(15)11(19)20)9(18)8(17)7(16)3-12/h5,7-10,12,14,16-18H,2-3H2,1H3,(H,19,20)/t5-,7+,8+,9-,10+/m0/s1. The fourth-order valence-corrected chi connectivity index (χ4v) is 1.49. The Hall–Kier alpha value is -1.59. The number of carbonyl (C=O) groups is 3. The van der Waals surface area contributed by atoms with Crippen LogP contribution in [0.2, 0.25) is 0 Å². The van der Waals surface area contributed by atoms with Crippen molar-refractivity contribution in [3.05, 3.63) is 0 Å². The Morgan fingerprint density at radius 2 is 1.52 bits per heavy atom. The molecule has 0 bridgehead atoms. The number of esters is 1. The third kappa shape index (κ3) is 6.14. The number of Topliss-reactive ketones (excluding diaryl/α,β-unsaturated/α-hetero) is 1. The van der Waals surface area contributed by atoms with Gasteiger partial charge >= 0.3 is 11.9 Å². The molecule has 0 aliphatic rings. The molecular weight excluding hydrogens is 292 g/mol. The molecule has 21 heavy (non-hydrogen) atoms. The van der Waals surface area contributed by atoms with Crippen molar-refractivity contribution in [3.63, 3.8) is 0 Å². The van der Waals surface area contributed by atoms with Crippen LogP contribution in [0, 0.1) is 0 Å². The van der Waals surface area contributed by atoms with E-state index in [0.29, 0.717) is 0 Å². The second-order valence-corrected chi connectivity index (χ2v) is 4.30. The van der Waals surface area contributed by atoms with E-state index in [1.807, 2.05) is 0 Å². The van der Waals surface area contributed by atoms with Crippen LogP contribution in [0.15, 0.2) is 0 Å². The lowest BCUT2D eigenvalue weighted by Gasteiger charge is -2.30. The van der Waals surface area contributed by atoms with E-state index in [4.69, 9.17) is 10.2 Å². The molecule has 0 amide bonds. The molecule has 0 saturated carbocycles. The highest BCUT2D eigenvalue weighted by atomic mass is 16.6. The van der Waals surface area contributed by atoms with Crippen LogP contribution in [0.5, 0.6) is 0 Å². The molecule has 6 N–H and O–H groups in total. The number of ketones is 1. The van der Waals surface area contributed by atoms with Crippen LogP contribution >= 0.6 is 0 Å². The lowest BCUT2D eigenvalue weighted by Crippen LogP contribution is -2.52. The Balaban J connectivity index is 5.04. The Labute approximate surface area is 119 Å². The molecule has 0 aromatic rings. The van der Waals surface area contributed by atoms with Crippen molar-refractivity contribution in [1.82, 2.24) is 0 Å². The van der Waals surface area contributed by atoms with Gasteiger partial charge in [0.1, 0.15) is 24.4 Å². The number of aliphatic hydroxyl groups is 5. The van der Waals surface area contributed by atoms with E-state index in [0.717, 1.165) is 6.92 Å². The minimum absolute atomic E-state index is 0.917. The highest BCUT2D eigenvalue weighted by molar-refractivity contribution is 6.32. The SMILES string of the molecule is CC(=O)O[C@@H]([C@@H](O)[C@H](O)[C@H](O)CO)[C@@H](O)CC(=O)C(=O)O. The highest BCUT2D eigenvalue weighted by Gasteiger charge is 2.39. The van der Waals surface area contributed by atoms with Crippen LogP contribution in [-0.4, -0.2) is 85.5 Å². The number of aliphatic carboxylic acids is 1. The zero-order valence-electron chi connectivity index (χ0n) is 11.1. The minimum atomic E-state index is -2.05. The van der Waals surface area contributed by atoms with E-state index < -0.39 is 61.3 Å². The van der Waals surface area contributed by atoms with E-state index in [1.165, 1.54) is 0 Å². The van der Waals surface area contributed by atoms with Gasteiger partial charge in [-0.05, 0) is 0 Å². The molecule has 0 fully saturated rings. The van der Waals surface area contributed by atoms with Gasteiger partial charge in [0, 0.05) is 13.3 Å². The second-order valence-electron chi connectivity index (χ2n) is 4.30. The maximum Gasteiger partial charge on any atom is 0.372 e. The van der Waals surface area contributed by atoms with Crippen molar-refractivity contribution in [2.45, 2.75) is 43.9 Å². The lowest BCUT2D eigenvalue weighted by atomic mass is 9.96. The second kappa shape index (κ2) is 8.64. The van der Waals surface area contributed by atoms with Crippen LogP contribution in [0.4, 0.5) is 0 Å². The van der Waals surface area contributed by atoms with Crippen LogP contribution in [0.3, 0.4) is 0 Å². The Kier molecular flexibility index (Phi) is 7.99. The van der Waals surface area contributed by atoms with Gasteiger partial charge < -0.3 is 35.4 Å². The normalized spacial score (nSPS) is 18.2. The zero-order chi connectivity index (χ0) is 16.7. The first-order chi connectivity index (χ1) is 9.61. The number of rotatable bonds is 9. The van der Waals surface area contributed by atoms with Crippen LogP contribution in [0.1, 0.15) is 13.3 Å². The largest absolute Gasteiger partial charge is 0.475 e. The number of aliphatic hydroxyl groups excluding tert-OH is 5. The summed E-state index contributed by atoms with van der Waals surface area (Å²) in [6, 6.07) is 0. The first kappa shape index (κ1) is 19.4. The van der Waals surface area contributed by atoms with Crippen molar-refractivity contribution in [1.29, 1.82) is 0 Å². The summed E-state index contributed by atoms with van der Waals surface area (Å²) in [5.74, 6) is -4.21. The Bertz CT molecular complexity index is 381. The van der Waals surface area contributed by atoms with Gasteiger partial charge in [-0.15, -0.1) is 0 Å². The third-order valence-corrected chi connectivity index (χ3v) is 2.58. The minimum Gasteiger partial charge on any atom is -0.475 e. The third-order valence-electron chi connectivity index (χ3n) is 2.58. The van der Waals surface area contributed by atoms with E-state index in [9.17, 15) is 34.8 Å². The molecule has 0 aromatic carbocycles. The maximum atomic E-state index is 11.0. The number of carboxylic acid groups (broad SMARTS) is 1. The molecular formula is C11H18O10. The Morgan fingerprint density at radius 3 is 1.90 bits per heavy atom. The number of carbonyl (C=O) groups excluding carboxylic acids is 2. The molecule has 0 spiro atoms. The summed E-state index contributed by atoms with van der Waals surface area (Å²) >= 11 is 0. The quantitative estimate of drug-likeness (QED) is 0.184. The van der Waals surface area contributed by atoms with E-state index >= 15 is 0 Å². The zero-order valence-corrected chi connectivity index (χ0v) is 11.1. The molecule has 0 aliphatic heterocycles. The van der Waals surface area contributed by atoms with Gasteiger partial charge in [0.15, 0.2) is 6.10 Å². The maximum absolute atomic E-state index is 11.0. The summed E-state index contributed by atoms with van der Waals surface area (Å²) in [6.07, 6.45) is -10.6. The van der Waals surface area contributed by atoms with E-state index in [1.54, 1.807) is 0 Å². The number of ether oxygens (including phenoxy) is 1. The van der Waals surface area contributed by atoms with Gasteiger partial charge in [-0.3, -0.25) is 9.59 Å². The fraction of sp³-hybridized carbons (Fsp3) is 0.727. The Morgan fingerprint density at radius 1 is 1.00 bits per heavy atom. The van der Waals surface area contributed by atoms with Crippen molar-refractivity contribution in [2.24, 2.45) is 0 Å². The van der Waals surface area contributed by atoms with E-state index in [-0.39, 0.29) is 0 Å². The first-order valence-corrected chi connectivity index (χ1v) is 5.88. The van der Waals surface area contributed by atoms with Gasteiger partial charge in [0.25, 0.3) is 0 Å². The highest BCUT2D eigenvalue weighted by Crippen LogP contribution is 2.15. The molecule has 10 nitrogen and oxygen atoms in total. The topological polar surface area (TPSA) is 182 Å². The summed E-state index contributed by atoms with van der Waals surface area (Å²) in [5.41, 5.74) is 0. The molecule has 10 heteroatoms. The molecule has 0 unspecified atom stereocenters. The van der Waals surface area contributed by atoms with Crippen molar-refractivity contribution in [3.8, 4) is 0 Å². The molecule has 0 radical (unpaired) electrons. The smallest absolute Gasteiger partial charge is 0.372 e. The summed E-state index contributed by atoms with van der Waals surface area (Å²) in [5, 5.41) is 55.2. The first-order valence-electron chi connectivity index (χ1n) is 5.88. The van der Waals surface area contributed by atoms with Gasteiger partial charge in [0.2, 0.25) is 5.78 Å². The summed E-state index contributed by atoms with van der Waals surface area (Å²) in [6.45, 7) is -0.00448.